The minimum Gasteiger partial charge on any atom is -0.507 e. The van der Waals surface area contributed by atoms with Gasteiger partial charge < -0.3 is 10.2 Å². The minimum absolute atomic E-state index is 0.0353. The van der Waals surface area contributed by atoms with E-state index in [-0.39, 0.29) is 12.4 Å². The molecule has 0 aliphatic rings. The maximum absolute atomic E-state index is 9.02. The molecule has 0 aliphatic carbocycles. The highest BCUT2D eigenvalue weighted by Gasteiger charge is 1.97. The smallest absolute Gasteiger partial charge is 0.129 e. The lowest BCUT2D eigenvalue weighted by Gasteiger charge is -1.99. The third kappa shape index (κ3) is 1.28. The van der Waals surface area contributed by atoms with E-state index in [9.17, 15) is 0 Å². The number of hydrogen-bond acceptors (Lipinski definition) is 2. The zero-order chi connectivity index (χ0) is 7.56. The van der Waals surface area contributed by atoms with Crippen LogP contribution in [-0.4, -0.2) is 10.2 Å². The van der Waals surface area contributed by atoms with Crippen molar-refractivity contribution >= 4 is 0 Å². The van der Waals surface area contributed by atoms with Gasteiger partial charge in [0.1, 0.15) is 5.75 Å². The van der Waals surface area contributed by atoms with Crippen LogP contribution in [0.3, 0.4) is 0 Å². The summed E-state index contributed by atoms with van der Waals surface area (Å²) in [5, 5.41) is 17.7. The van der Waals surface area contributed by atoms with Gasteiger partial charge in [-0.2, -0.15) is 0 Å². The predicted octanol–water partition coefficient (Wildman–Crippen LogP) is 0.993. The largest absolute Gasteiger partial charge is 0.507 e. The second-order valence-electron chi connectivity index (χ2n) is 2.21. The first-order chi connectivity index (χ1) is 4.74. The van der Waals surface area contributed by atoms with Crippen molar-refractivity contribution in [1.82, 2.24) is 0 Å². The van der Waals surface area contributed by atoms with E-state index in [1.165, 1.54) is 0 Å². The first-order valence-electron chi connectivity index (χ1n) is 3.05. The zero-order valence-corrected chi connectivity index (χ0v) is 5.76. The molecule has 53 valence electrons. The van der Waals surface area contributed by atoms with E-state index in [4.69, 9.17) is 10.2 Å². The average Bonchev–Trinajstić information content (AvgIpc) is 1.94. The van der Waals surface area contributed by atoms with Crippen molar-refractivity contribution in [2.24, 2.45) is 0 Å². The molecule has 0 aromatic heterocycles. The van der Waals surface area contributed by atoms with E-state index in [0.29, 0.717) is 5.56 Å². The zero-order valence-electron chi connectivity index (χ0n) is 5.76. The van der Waals surface area contributed by atoms with Crippen LogP contribution >= 0.6 is 0 Å². The summed E-state index contributed by atoms with van der Waals surface area (Å²) < 4.78 is 0. The molecular formula is C8H9O2. The summed E-state index contributed by atoms with van der Waals surface area (Å²) in [4.78, 5) is 0. The van der Waals surface area contributed by atoms with Crippen LogP contribution in [0.1, 0.15) is 11.1 Å². The lowest BCUT2D eigenvalue weighted by atomic mass is 10.1. The van der Waals surface area contributed by atoms with Crippen molar-refractivity contribution in [3.8, 4) is 5.75 Å². The van der Waals surface area contributed by atoms with E-state index >= 15 is 0 Å². The topological polar surface area (TPSA) is 40.5 Å². The predicted molar refractivity (Wildman–Crippen MR) is 37.6 cm³/mol. The van der Waals surface area contributed by atoms with Crippen LogP contribution in [0.15, 0.2) is 12.1 Å². The van der Waals surface area contributed by atoms with Crippen molar-refractivity contribution < 1.29 is 10.2 Å². The van der Waals surface area contributed by atoms with Crippen molar-refractivity contribution in [2.75, 3.05) is 0 Å². The summed E-state index contributed by atoms with van der Waals surface area (Å²) in [6.45, 7) is 1.75. The van der Waals surface area contributed by atoms with Crippen LogP contribution < -0.4 is 0 Å². The first kappa shape index (κ1) is 7.09. The molecule has 1 radical (unpaired) electrons. The summed E-state index contributed by atoms with van der Waals surface area (Å²) in [5.74, 6) is 0.0353. The van der Waals surface area contributed by atoms with E-state index in [2.05, 4.69) is 6.07 Å². The fourth-order valence-electron chi connectivity index (χ4n) is 0.780. The molecule has 0 atom stereocenters. The van der Waals surface area contributed by atoms with Crippen molar-refractivity contribution in [2.45, 2.75) is 13.5 Å². The molecular weight excluding hydrogens is 128 g/mol. The maximum Gasteiger partial charge on any atom is 0.129 e. The summed E-state index contributed by atoms with van der Waals surface area (Å²) in [5.41, 5.74) is 1.52. The fraction of sp³-hybridized carbons (Fsp3) is 0.250. The first-order valence-corrected chi connectivity index (χ1v) is 3.05. The van der Waals surface area contributed by atoms with Gasteiger partial charge in [-0.15, -0.1) is 0 Å². The van der Waals surface area contributed by atoms with E-state index < -0.39 is 0 Å². The van der Waals surface area contributed by atoms with Gasteiger partial charge >= 0.3 is 0 Å². The SMILES string of the molecule is Cc1c[c]c(O)c(CO)c1. The van der Waals surface area contributed by atoms with E-state index in [1.54, 1.807) is 12.1 Å². The second kappa shape index (κ2) is 2.71. The van der Waals surface area contributed by atoms with Gasteiger partial charge in [0.25, 0.3) is 0 Å². The lowest BCUT2D eigenvalue weighted by Crippen LogP contribution is -1.84. The number of rotatable bonds is 1. The van der Waals surface area contributed by atoms with Gasteiger partial charge in [0.2, 0.25) is 0 Å². The molecule has 1 aromatic carbocycles. The number of aliphatic hydroxyl groups excluding tert-OH is 1. The van der Waals surface area contributed by atoms with Crippen LogP contribution in [0.5, 0.6) is 5.75 Å². The standard InChI is InChI=1S/C8H9O2/c1-6-2-3-8(10)7(4-6)5-9/h2,4,9-10H,5H2,1H3. The Hall–Kier alpha value is -1.02. The third-order valence-corrected chi connectivity index (χ3v) is 1.31. The highest BCUT2D eigenvalue weighted by Crippen LogP contribution is 2.16. The van der Waals surface area contributed by atoms with Crippen LogP contribution in [0.2, 0.25) is 0 Å². The van der Waals surface area contributed by atoms with Crippen molar-refractivity contribution in [3.05, 3.63) is 29.3 Å². The van der Waals surface area contributed by atoms with Gasteiger partial charge in [-0.3, -0.25) is 0 Å². The molecule has 10 heavy (non-hydrogen) atoms. The number of hydrogen-bond donors (Lipinski definition) is 2. The average molecular weight is 137 g/mol. The molecule has 1 aromatic rings. The number of aromatic hydroxyl groups is 1. The molecule has 0 unspecified atom stereocenters. The van der Waals surface area contributed by atoms with Gasteiger partial charge in [0, 0.05) is 11.6 Å². The molecule has 0 heterocycles. The minimum atomic E-state index is -0.135. The van der Waals surface area contributed by atoms with Crippen LogP contribution in [0.4, 0.5) is 0 Å². The highest BCUT2D eigenvalue weighted by atomic mass is 16.3. The Morgan fingerprint density at radius 1 is 1.60 bits per heavy atom. The summed E-state index contributed by atoms with van der Waals surface area (Å²) in [6.07, 6.45) is 0. The molecule has 1 rings (SSSR count). The van der Waals surface area contributed by atoms with Crippen LogP contribution in [-0.2, 0) is 6.61 Å². The van der Waals surface area contributed by atoms with Gasteiger partial charge in [-0.1, -0.05) is 6.07 Å². The molecule has 0 amide bonds. The Bertz CT molecular complexity index is 231. The van der Waals surface area contributed by atoms with Crippen LogP contribution in [0.25, 0.3) is 0 Å². The molecule has 2 nitrogen and oxygen atoms in total. The number of phenols is 1. The molecule has 0 fully saturated rings. The lowest BCUT2D eigenvalue weighted by molar-refractivity contribution is 0.275. The van der Waals surface area contributed by atoms with Crippen molar-refractivity contribution in [1.29, 1.82) is 0 Å². The summed E-state index contributed by atoms with van der Waals surface area (Å²) in [6, 6.07) is 6.02. The Morgan fingerprint density at radius 3 is 2.80 bits per heavy atom. The number of aliphatic hydroxyl groups is 1. The van der Waals surface area contributed by atoms with Gasteiger partial charge in [0.15, 0.2) is 0 Å². The Balaban J connectivity index is 3.09. The van der Waals surface area contributed by atoms with Crippen LogP contribution in [0, 0.1) is 13.0 Å². The monoisotopic (exact) mass is 137 g/mol. The third-order valence-electron chi connectivity index (χ3n) is 1.31. The molecule has 0 bridgehead atoms. The maximum atomic E-state index is 9.02. The van der Waals surface area contributed by atoms with E-state index in [0.717, 1.165) is 5.56 Å². The molecule has 0 saturated heterocycles. The highest BCUT2D eigenvalue weighted by molar-refractivity contribution is 5.33. The Labute approximate surface area is 59.7 Å². The fourth-order valence-corrected chi connectivity index (χ4v) is 0.780. The van der Waals surface area contributed by atoms with Gasteiger partial charge in [-0.25, -0.2) is 0 Å². The normalized spacial score (nSPS) is 9.80. The molecule has 0 saturated carbocycles. The van der Waals surface area contributed by atoms with Gasteiger partial charge in [-0.05, 0) is 18.6 Å². The Kier molecular flexibility index (Phi) is 1.92. The second-order valence-corrected chi connectivity index (χ2v) is 2.21. The van der Waals surface area contributed by atoms with Gasteiger partial charge in [0.05, 0.1) is 6.61 Å². The van der Waals surface area contributed by atoms with E-state index in [1.807, 2.05) is 6.92 Å². The quantitative estimate of drug-likeness (QED) is 0.606. The number of aryl methyl sites for hydroxylation is 1. The molecule has 2 heteroatoms. The van der Waals surface area contributed by atoms with Crippen molar-refractivity contribution in [3.63, 3.8) is 0 Å². The molecule has 2 N–H and O–H groups in total. The number of benzene rings is 1. The molecule has 0 spiro atoms. The molecule has 0 aliphatic heterocycles. The Morgan fingerprint density at radius 2 is 2.30 bits per heavy atom. The summed E-state index contributed by atoms with van der Waals surface area (Å²) in [7, 11) is 0. The summed E-state index contributed by atoms with van der Waals surface area (Å²) >= 11 is 0.